The molecule has 6 nitrogen and oxygen atoms in total. The number of halogens is 1. The minimum Gasteiger partial charge on any atom is -0.466 e. The van der Waals surface area contributed by atoms with Crippen LogP contribution in [0.4, 0.5) is 9.18 Å². The van der Waals surface area contributed by atoms with E-state index >= 15 is 0 Å². The molecule has 2 aromatic heterocycles. The van der Waals surface area contributed by atoms with Gasteiger partial charge in [-0.1, -0.05) is 0 Å². The standard InChI is InChI=1S/C18H19FN2O4/c1-11-13-8-12(19)5-6-14(13)25-15(11)9-20-17(22)21-10-18(2,23)16-4-3-7-24-16/h3-8,23H,9-10H2,1-2H3,(H2,20,21,22)/t18-/m0/s1. The summed E-state index contributed by atoms with van der Waals surface area (Å²) in [5.74, 6) is 0.574. The predicted molar refractivity (Wildman–Crippen MR) is 89.4 cm³/mol. The number of urea groups is 1. The molecule has 0 saturated carbocycles. The molecule has 0 aliphatic rings. The van der Waals surface area contributed by atoms with Crippen LogP contribution in [0.1, 0.15) is 24.0 Å². The number of hydrogen-bond acceptors (Lipinski definition) is 4. The molecule has 0 aliphatic carbocycles. The first kappa shape index (κ1) is 17.0. The Hall–Kier alpha value is -2.80. The van der Waals surface area contributed by atoms with Crippen molar-refractivity contribution in [1.82, 2.24) is 10.6 Å². The van der Waals surface area contributed by atoms with Gasteiger partial charge in [0.2, 0.25) is 0 Å². The first-order chi connectivity index (χ1) is 11.9. The lowest BCUT2D eigenvalue weighted by molar-refractivity contribution is 0.0367. The van der Waals surface area contributed by atoms with Crippen LogP contribution < -0.4 is 10.6 Å². The minimum absolute atomic E-state index is 0.0172. The molecule has 2 amide bonds. The molecule has 0 bridgehead atoms. The molecule has 3 N–H and O–H groups in total. The van der Waals surface area contributed by atoms with Crippen LogP contribution in [-0.2, 0) is 12.1 Å². The number of amides is 2. The third-order valence-electron chi connectivity index (χ3n) is 4.05. The van der Waals surface area contributed by atoms with Gasteiger partial charge in [-0.25, -0.2) is 9.18 Å². The van der Waals surface area contributed by atoms with Gasteiger partial charge in [0, 0.05) is 10.9 Å². The molecule has 1 atom stereocenters. The Labute approximate surface area is 143 Å². The number of furan rings is 2. The van der Waals surface area contributed by atoms with E-state index in [9.17, 15) is 14.3 Å². The number of aliphatic hydroxyl groups is 1. The van der Waals surface area contributed by atoms with Crippen LogP contribution in [-0.4, -0.2) is 17.7 Å². The van der Waals surface area contributed by atoms with Gasteiger partial charge in [0.05, 0.1) is 19.4 Å². The van der Waals surface area contributed by atoms with Crippen molar-refractivity contribution in [2.24, 2.45) is 0 Å². The van der Waals surface area contributed by atoms with E-state index in [1.807, 2.05) is 6.92 Å². The van der Waals surface area contributed by atoms with Crippen molar-refractivity contribution < 1.29 is 23.1 Å². The lowest BCUT2D eigenvalue weighted by Gasteiger charge is -2.21. The molecule has 3 aromatic rings. The predicted octanol–water partition coefficient (Wildman–Crippen LogP) is 3.18. The Morgan fingerprint density at radius 2 is 2.12 bits per heavy atom. The molecule has 1 aromatic carbocycles. The third kappa shape index (κ3) is 3.66. The molecule has 3 rings (SSSR count). The average Bonchev–Trinajstić information content (AvgIpc) is 3.21. The number of rotatable bonds is 5. The molecule has 0 spiro atoms. The largest absolute Gasteiger partial charge is 0.466 e. The van der Waals surface area contributed by atoms with Crippen LogP contribution in [0, 0.1) is 12.7 Å². The minimum atomic E-state index is -1.31. The molecule has 0 radical (unpaired) electrons. The SMILES string of the molecule is Cc1c(CNC(=O)NC[C@](C)(O)c2ccco2)oc2ccc(F)cc12. The van der Waals surface area contributed by atoms with E-state index in [1.165, 1.54) is 18.4 Å². The van der Waals surface area contributed by atoms with Crippen LogP contribution in [0.5, 0.6) is 0 Å². The van der Waals surface area contributed by atoms with Gasteiger partial charge in [-0.05, 0) is 44.2 Å². The number of hydrogen-bond donors (Lipinski definition) is 3. The summed E-state index contributed by atoms with van der Waals surface area (Å²) in [6, 6.07) is 7.12. The van der Waals surface area contributed by atoms with E-state index in [-0.39, 0.29) is 18.9 Å². The smallest absolute Gasteiger partial charge is 0.315 e. The molecule has 0 saturated heterocycles. The van der Waals surface area contributed by atoms with Gasteiger partial charge in [-0.3, -0.25) is 0 Å². The van der Waals surface area contributed by atoms with Crippen molar-refractivity contribution in [2.75, 3.05) is 6.54 Å². The summed E-state index contributed by atoms with van der Waals surface area (Å²) in [6.45, 7) is 3.49. The van der Waals surface area contributed by atoms with Gasteiger partial charge >= 0.3 is 6.03 Å². The maximum Gasteiger partial charge on any atom is 0.315 e. The molecule has 0 aliphatic heterocycles. The Bertz CT molecular complexity index is 884. The first-order valence-electron chi connectivity index (χ1n) is 7.82. The van der Waals surface area contributed by atoms with E-state index in [0.717, 1.165) is 5.56 Å². The highest BCUT2D eigenvalue weighted by molar-refractivity contribution is 5.82. The molecule has 2 heterocycles. The van der Waals surface area contributed by atoms with Crippen LogP contribution >= 0.6 is 0 Å². The highest BCUT2D eigenvalue weighted by Gasteiger charge is 2.26. The Morgan fingerprint density at radius 3 is 2.84 bits per heavy atom. The summed E-state index contributed by atoms with van der Waals surface area (Å²) in [6.07, 6.45) is 1.46. The maximum atomic E-state index is 13.3. The number of carbonyl (C=O) groups is 1. The maximum absolute atomic E-state index is 13.3. The van der Waals surface area contributed by atoms with E-state index in [0.29, 0.717) is 22.5 Å². The molecular formula is C18H19FN2O4. The summed E-state index contributed by atoms with van der Waals surface area (Å²) in [7, 11) is 0. The van der Waals surface area contributed by atoms with Crippen LogP contribution in [0.2, 0.25) is 0 Å². The fourth-order valence-corrected chi connectivity index (χ4v) is 2.56. The average molecular weight is 346 g/mol. The molecule has 25 heavy (non-hydrogen) atoms. The van der Waals surface area contributed by atoms with E-state index in [2.05, 4.69) is 10.6 Å². The van der Waals surface area contributed by atoms with Gasteiger partial charge in [-0.2, -0.15) is 0 Å². The zero-order valence-corrected chi connectivity index (χ0v) is 13.9. The number of nitrogens with one attached hydrogen (secondary N) is 2. The Morgan fingerprint density at radius 1 is 1.32 bits per heavy atom. The molecule has 132 valence electrons. The normalized spacial score (nSPS) is 13.6. The second-order valence-electron chi connectivity index (χ2n) is 6.08. The fourth-order valence-electron chi connectivity index (χ4n) is 2.56. The first-order valence-corrected chi connectivity index (χ1v) is 7.82. The van der Waals surface area contributed by atoms with Crippen LogP contribution in [0.25, 0.3) is 11.0 Å². The summed E-state index contributed by atoms with van der Waals surface area (Å²) in [4.78, 5) is 11.9. The van der Waals surface area contributed by atoms with Gasteiger partial charge in [0.15, 0.2) is 0 Å². The second-order valence-corrected chi connectivity index (χ2v) is 6.08. The van der Waals surface area contributed by atoms with Gasteiger partial charge in [0.25, 0.3) is 0 Å². The number of aryl methyl sites for hydroxylation is 1. The van der Waals surface area contributed by atoms with E-state index < -0.39 is 11.6 Å². The van der Waals surface area contributed by atoms with Crippen molar-refractivity contribution in [2.45, 2.75) is 26.0 Å². The van der Waals surface area contributed by atoms with Crippen LogP contribution in [0.3, 0.4) is 0 Å². The van der Waals surface area contributed by atoms with Crippen molar-refractivity contribution in [1.29, 1.82) is 0 Å². The monoisotopic (exact) mass is 346 g/mol. The molecule has 0 unspecified atom stereocenters. The molecular weight excluding hydrogens is 327 g/mol. The van der Waals surface area contributed by atoms with E-state index in [1.54, 1.807) is 25.1 Å². The van der Waals surface area contributed by atoms with Gasteiger partial charge in [0.1, 0.15) is 28.5 Å². The quantitative estimate of drug-likeness (QED) is 0.662. The molecule has 7 heteroatoms. The van der Waals surface area contributed by atoms with Gasteiger partial charge in [-0.15, -0.1) is 0 Å². The zero-order chi connectivity index (χ0) is 18.0. The number of carbonyl (C=O) groups excluding carboxylic acids is 1. The fraction of sp³-hybridized carbons (Fsp3) is 0.278. The van der Waals surface area contributed by atoms with E-state index in [4.69, 9.17) is 8.83 Å². The lowest BCUT2D eigenvalue weighted by atomic mass is 10.0. The van der Waals surface area contributed by atoms with Crippen molar-refractivity contribution in [3.63, 3.8) is 0 Å². The van der Waals surface area contributed by atoms with Crippen molar-refractivity contribution in [3.05, 3.63) is 59.5 Å². The topological polar surface area (TPSA) is 87.6 Å². The summed E-state index contributed by atoms with van der Waals surface area (Å²) in [5.41, 5.74) is 0.0300. The summed E-state index contributed by atoms with van der Waals surface area (Å²) in [5, 5.41) is 16.2. The molecule has 0 fully saturated rings. The van der Waals surface area contributed by atoms with Crippen LogP contribution in [0.15, 0.2) is 45.4 Å². The third-order valence-corrected chi connectivity index (χ3v) is 4.05. The van der Waals surface area contributed by atoms with Gasteiger partial charge < -0.3 is 24.6 Å². The lowest BCUT2D eigenvalue weighted by Crippen LogP contribution is -2.43. The highest BCUT2D eigenvalue weighted by Crippen LogP contribution is 2.26. The number of fused-ring (bicyclic) bond motifs is 1. The zero-order valence-electron chi connectivity index (χ0n) is 13.9. The van der Waals surface area contributed by atoms with Crippen molar-refractivity contribution >= 4 is 17.0 Å². The summed E-state index contributed by atoms with van der Waals surface area (Å²) >= 11 is 0. The Kier molecular flexibility index (Phi) is 4.50. The second kappa shape index (κ2) is 6.60. The number of benzene rings is 1. The van der Waals surface area contributed by atoms with Crippen molar-refractivity contribution in [3.8, 4) is 0 Å². The summed E-state index contributed by atoms with van der Waals surface area (Å²) < 4.78 is 24.1. The highest BCUT2D eigenvalue weighted by atomic mass is 19.1. The Balaban J connectivity index is 1.58.